The molecular formula is C23H21BrN4O4. The lowest BCUT2D eigenvalue weighted by molar-refractivity contribution is -0.124. The van der Waals surface area contributed by atoms with Gasteiger partial charge in [-0.3, -0.25) is 4.79 Å². The first-order chi connectivity index (χ1) is 15.5. The van der Waals surface area contributed by atoms with Crippen LogP contribution in [0.1, 0.15) is 31.1 Å². The van der Waals surface area contributed by atoms with Crippen LogP contribution in [0.5, 0.6) is 5.75 Å². The lowest BCUT2D eigenvalue weighted by Crippen LogP contribution is -2.61. The number of aromatic nitrogens is 2. The van der Waals surface area contributed by atoms with E-state index in [0.29, 0.717) is 36.0 Å². The highest BCUT2D eigenvalue weighted by molar-refractivity contribution is 9.10. The molecular weight excluding hydrogens is 476 g/mol. The predicted octanol–water partition coefficient (Wildman–Crippen LogP) is 4.52. The van der Waals surface area contributed by atoms with Crippen LogP contribution in [0.4, 0.5) is 10.5 Å². The maximum atomic E-state index is 13.2. The Morgan fingerprint density at radius 2 is 1.97 bits per heavy atom. The number of carbonyl (C=O) groups excluding carboxylic acids is 2. The molecule has 1 aromatic heterocycles. The number of amides is 3. The van der Waals surface area contributed by atoms with Crippen molar-refractivity contribution in [2.75, 3.05) is 12.0 Å². The minimum atomic E-state index is -0.425. The quantitative estimate of drug-likeness (QED) is 0.570. The minimum Gasteiger partial charge on any atom is -0.497 e. The SMILES string of the molecule is COc1cccc(N2C(=O)NC3CC(c4nc(-c5ccc(Br)cc5)no4)CCC3C2=O)c1. The standard InChI is InChI=1S/C23H21BrN4O4/c1-31-17-4-2-3-16(12-17)28-22(29)18-10-7-14(11-19(18)25-23(28)30)21-26-20(27-32-21)13-5-8-15(24)9-6-13/h2-6,8-9,12,14,18-19H,7,10-11H2,1H3,(H,25,30). The highest BCUT2D eigenvalue weighted by Gasteiger charge is 2.46. The van der Waals surface area contributed by atoms with Gasteiger partial charge in [0.1, 0.15) is 5.75 Å². The minimum absolute atomic E-state index is 0.00980. The van der Waals surface area contributed by atoms with Gasteiger partial charge in [-0.2, -0.15) is 4.98 Å². The monoisotopic (exact) mass is 496 g/mol. The average Bonchev–Trinajstić information content (AvgIpc) is 3.30. The fourth-order valence-electron chi connectivity index (χ4n) is 4.45. The summed E-state index contributed by atoms with van der Waals surface area (Å²) in [6, 6.07) is 13.9. The number of methoxy groups -OCH3 is 1. The van der Waals surface area contributed by atoms with Gasteiger partial charge in [-0.05, 0) is 55.7 Å². The molecule has 1 saturated heterocycles. The second-order valence-corrected chi connectivity index (χ2v) is 8.93. The van der Waals surface area contributed by atoms with Gasteiger partial charge in [0.2, 0.25) is 17.6 Å². The van der Waals surface area contributed by atoms with E-state index in [1.54, 1.807) is 31.4 Å². The van der Waals surface area contributed by atoms with Gasteiger partial charge < -0.3 is 14.6 Å². The summed E-state index contributed by atoms with van der Waals surface area (Å²) in [6.07, 6.45) is 1.94. The van der Waals surface area contributed by atoms with Gasteiger partial charge in [-0.15, -0.1) is 0 Å². The molecule has 9 heteroatoms. The molecule has 8 nitrogen and oxygen atoms in total. The largest absolute Gasteiger partial charge is 0.497 e. The second kappa shape index (κ2) is 8.38. The van der Waals surface area contributed by atoms with Crippen molar-refractivity contribution in [3.8, 4) is 17.1 Å². The van der Waals surface area contributed by atoms with Crippen LogP contribution < -0.4 is 15.0 Å². The molecule has 0 bridgehead atoms. The lowest BCUT2D eigenvalue weighted by atomic mass is 9.76. The number of ether oxygens (including phenoxy) is 1. The van der Waals surface area contributed by atoms with Crippen LogP contribution in [0.15, 0.2) is 57.5 Å². The van der Waals surface area contributed by atoms with E-state index in [1.165, 1.54) is 4.90 Å². The Hall–Kier alpha value is -3.20. The molecule has 3 amide bonds. The number of benzene rings is 2. The number of nitrogens with zero attached hydrogens (tertiary/aromatic N) is 3. The first-order valence-electron chi connectivity index (χ1n) is 10.4. The van der Waals surface area contributed by atoms with Crippen molar-refractivity contribution < 1.29 is 18.8 Å². The maximum absolute atomic E-state index is 13.2. The van der Waals surface area contributed by atoms with Gasteiger partial charge in [0.15, 0.2) is 0 Å². The molecule has 2 aromatic carbocycles. The van der Waals surface area contributed by atoms with Crippen LogP contribution in [0, 0.1) is 5.92 Å². The molecule has 5 rings (SSSR count). The Kier molecular flexibility index (Phi) is 5.42. The molecule has 1 aliphatic carbocycles. The summed E-state index contributed by atoms with van der Waals surface area (Å²) in [4.78, 5) is 31.8. The molecule has 2 aliphatic rings. The fourth-order valence-corrected chi connectivity index (χ4v) is 4.71. The highest BCUT2D eigenvalue weighted by atomic mass is 79.9. The number of imide groups is 1. The number of nitrogens with one attached hydrogen (secondary N) is 1. The third-order valence-electron chi connectivity index (χ3n) is 6.10. The van der Waals surface area contributed by atoms with Gasteiger partial charge in [0, 0.05) is 28.1 Å². The van der Waals surface area contributed by atoms with Gasteiger partial charge in [-0.1, -0.05) is 27.2 Å². The number of hydrogen-bond donors (Lipinski definition) is 1. The van der Waals surface area contributed by atoms with Gasteiger partial charge >= 0.3 is 6.03 Å². The zero-order valence-electron chi connectivity index (χ0n) is 17.3. The van der Waals surface area contributed by atoms with E-state index in [-0.39, 0.29) is 23.8 Å². The van der Waals surface area contributed by atoms with E-state index in [0.717, 1.165) is 16.5 Å². The summed E-state index contributed by atoms with van der Waals surface area (Å²) in [5.41, 5.74) is 1.37. The molecule has 164 valence electrons. The normalized spacial score (nSPS) is 22.9. The number of halogens is 1. The zero-order chi connectivity index (χ0) is 22.2. The maximum Gasteiger partial charge on any atom is 0.328 e. The Morgan fingerprint density at radius 1 is 1.16 bits per heavy atom. The van der Waals surface area contributed by atoms with E-state index in [9.17, 15) is 9.59 Å². The predicted molar refractivity (Wildman–Crippen MR) is 120 cm³/mol. The number of fused-ring (bicyclic) bond motifs is 1. The number of hydrogen-bond acceptors (Lipinski definition) is 6. The molecule has 3 atom stereocenters. The number of carbonyl (C=O) groups is 2. The van der Waals surface area contributed by atoms with Crippen LogP contribution in [0.3, 0.4) is 0 Å². The van der Waals surface area contributed by atoms with Crippen LogP contribution in [0.25, 0.3) is 11.4 Å². The Bertz CT molecular complexity index is 1160. The number of anilines is 1. The molecule has 2 fully saturated rings. The summed E-state index contributed by atoms with van der Waals surface area (Å²) in [5.74, 6) is 1.17. The molecule has 1 N–H and O–H groups in total. The third kappa shape index (κ3) is 3.77. The summed E-state index contributed by atoms with van der Waals surface area (Å²) >= 11 is 3.42. The Morgan fingerprint density at radius 3 is 2.75 bits per heavy atom. The Balaban J connectivity index is 1.32. The van der Waals surface area contributed by atoms with Gasteiger partial charge in [0.05, 0.1) is 18.7 Å². The molecule has 0 spiro atoms. The number of urea groups is 1. The average molecular weight is 497 g/mol. The van der Waals surface area contributed by atoms with E-state index in [1.807, 2.05) is 24.3 Å². The van der Waals surface area contributed by atoms with Crippen molar-refractivity contribution in [3.05, 3.63) is 58.9 Å². The fraction of sp³-hybridized carbons (Fsp3) is 0.304. The van der Waals surface area contributed by atoms with Crippen molar-refractivity contribution in [2.45, 2.75) is 31.2 Å². The van der Waals surface area contributed by atoms with Crippen LogP contribution in [0.2, 0.25) is 0 Å². The van der Waals surface area contributed by atoms with Crippen LogP contribution >= 0.6 is 15.9 Å². The lowest BCUT2D eigenvalue weighted by Gasteiger charge is -2.41. The molecule has 32 heavy (non-hydrogen) atoms. The summed E-state index contributed by atoms with van der Waals surface area (Å²) < 4.78 is 11.7. The van der Waals surface area contributed by atoms with Gasteiger partial charge in [-0.25, -0.2) is 9.69 Å². The van der Waals surface area contributed by atoms with Crippen molar-refractivity contribution in [1.29, 1.82) is 0 Å². The van der Waals surface area contributed by atoms with Crippen LogP contribution in [-0.2, 0) is 4.79 Å². The Labute approximate surface area is 193 Å². The molecule has 0 radical (unpaired) electrons. The topological polar surface area (TPSA) is 97.6 Å². The summed E-state index contributed by atoms with van der Waals surface area (Å²) in [7, 11) is 1.55. The third-order valence-corrected chi connectivity index (χ3v) is 6.63. The summed E-state index contributed by atoms with van der Waals surface area (Å²) in [6.45, 7) is 0. The van der Waals surface area contributed by atoms with E-state index in [2.05, 4.69) is 31.4 Å². The highest BCUT2D eigenvalue weighted by Crippen LogP contribution is 2.39. The molecule has 1 aliphatic heterocycles. The van der Waals surface area contributed by atoms with E-state index in [4.69, 9.17) is 9.26 Å². The molecule has 1 saturated carbocycles. The van der Waals surface area contributed by atoms with Crippen molar-refractivity contribution in [1.82, 2.24) is 15.5 Å². The van der Waals surface area contributed by atoms with E-state index < -0.39 is 6.03 Å². The zero-order valence-corrected chi connectivity index (χ0v) is 18.9. The first-order valence-corrected chi connectivity index (χ1v) is 11.2. The molecule has 3 aromatic rings. The molecule has 2 heterocycles. The molecule has 3 unspecified atom stereocenters. The van der Waals surface area contributed by atoms with Gasteiger partial charge in [0.25, 0.3) is 0 Å². The first kappa shape index (κ1) is 20.7. The smallest absolute Gasteiger partial charge is 0.328 e. The second-order valence-electron chi connectivity index (χ2n) is 8.01. The van der Waals surface area contributed by atoms with Crippen molar-refractivity contribution in [2.24, 2.45) is 5.92 Å². The van der Waals surface area contributed by atoms with Crippen molar-refractivity contribution in [3.63, 3.8) is 0 Å². The van der Waals surface area contributed by atoms with E-state index >= 15 is 0 Å². The summed E-state index contributed by atoms with van der Waals surface area (Å²) in [5, 5.41) is 7.13. The van der Waals surface area contributed by atoms with Crippen molar-refractivity contribution >= 4 is 33.6 Å². The van der Waals surface area contributed by atoms with Crippen LogP contribution in [-0.4, -0.2) is 35.2 Å². The number of rotatable bonds is 4.